The largest absolute Gasteiger partial charge is 0.325 e. The molecule has 0 aliphatic rings. The minimum Gasteiger partial charge on any atom is -0.325 e. The van der Waals surface area contributed by atoms with Crippen LogP contribution in [0.15, 0.2) is 108 Å². The van der Waals surface area contributed by atoms with Gasteiger partial charge in [0.1, 0.15) is 11.5 Å². The number of halogens is 1. The molecule has 0 unspecified atom stereocenters. The molecule has 8 heteroatoms. The van der Waals surface area contributed by atoms with Crippen LogP contribution in [0.5, 0.6) is 0 Å². The second-order valence-electron chi connectivity index (χ2n) is 8.96. The van der Waals surface area contributed by atoms with Gasteiger partial charge in [0.25, 0.3) is 11.8 Å². The van der Waals surface area contributed by atoms with E-state index >= 15 is 0 Å². The maximum Gasteiger partial charge on any atom is 0.272 e. The highest BCUT2D eigenvalue weighted by Gasteiger charge is 2.16. The standard InChI is InChI=1S/C32H28FN3O3S/c1-21-9-8-14-28(22(21)2)35-30(37)20-40-26-17-15-25(16-18-26)34-32(39)29(19-24-12-6-7-13-27(24)33)36-31(38)23-10-4-3-5-11-23/h3-19H,20H2,1-2H3,(H,34,39)(H,35,37)(H,36,38)/b29-19-. The molecule has 0 spiro atoms. The number of thioether (sulfide) groups is 1. The van der Waals surface area contributed by atoms with Crippen LogP contribution < -0.4 is 16.0 Å². The number of nitrogens with one attached hydrogen (secondary N) is 3. The number of benzene rings is 4. The van der Waals surface area contributed by atoms with Crippen molar-refractivity contribution < 1.29 is 18.8 Å². The topological polar surface area (TPSA) is 87.3 Å². The Hall–Kier alpha value is -4.69. The first kappa shape index (κ1) is 28.3. The van der Waals surface area contributed by atoms with Gasteiger partial charge in [0.15, 0.2) is 0 Å². The number of aryl methyl sites for hydroxylation is 1. The third-order valence-corrected chi connectivity index (χ3v) is 7.11. The Morgan fingerprint density at radius 3 is 2.23 bits per heavy atom. The fraction of sp³-hybridized carbons (Fsp3) is 0.0938. The molecule has 3 N–H and O–H groups in total. The minimum absolute atomic E-state index is 0.111. The van der Waals surface area contributed by atoms with Crippen LogP contribution in [0.4, 0.5) is 15.8 Å². The Bertz CT molecular complexity index is 1550. The van der Waals surface area contributed by atoms with E-state index in [1.54, 1.807) is 66.7 Å². The average Bonchev–Trinajstić information content (AvgIpc) is 2.96. The Labute approximate surface area is 236 Å². The quantitative estimate of drug-likeness (QED) is 0.161. The van der Waals surface area contributed by atoms with Gasteiger partial charge in [0.2, 0.25) is 5.91 Å². The molecule has 0 saturated heterocycles. The Balaban J connectivity index is 1.41. The molecule has 0 bridgehead atoms. The minimum atomic E-state index is -0.610. The molecule has 0 fully saturated rings. The zero-order valence-electron chi connectivity index (χ0n) is 22.0. The second-order valence-corrected chi connectivity index (χ2v) is 10.0. The monoisotopic (exact) mass is 553 g/mol. The predicted molar refractivity (Wildman–Crippen MR) is 159 cm³/mol. The zero-order valence-corrected chi connectivity index (χ0v) is 22.8. The normalized spacial score (nSPS) is 11.0. The lowest BCUT2D eigenvalue weighted by Crippen LogP contribution is -2.30. The molecule has 0 saturated carbocycles. The first-order chi connectivity index (χ1) is 19.3. The van der Waals surface area contributed by atoms with Gasteiger partial charge in [-0.1, -0.05) is 48.5 Å². The van der Waals surface area contributed by atoms with Gasteiger partial charge in [-0.3, -0.25) is 14.4 Å². The number of rotatable bonds is 9. The summed E-state index contributed by atoms with van der Waals surface area (Å²) in [5.41, 5.74) is 3.81. The molecule has 40 heavy (non-hydrogen) atoms. The smallest absolute Gasteiger partial charge is 0.272 e. The summed E-state index contributed by atoms with van der Waals surface area (Å²) in [6.45, 7) is 3.96. The van der Waals surface area contributed by atoms with Gasteiger partial charge in [0, 0.05) is 27.4 Å². The van der Waals surface area contributed by atoms with E-state index in [9.17, 15) is 18.8 Å². The molecule has 4 rings (SSSR count). The summed E-state index contributed by atoms with van der Waals surface area (Å²) in [4.78, 5) is 39.2. The molecule has 4 aromatic rings. The van der Waals surface area contributed by atoms with Crippen LogP contribution in [-0.4, -0.2) is 23.5 Å². The molecule has 3 amide bonds. The molecule has 0 heterocycles. The highest BCUT2D eigenvalue weighted by atomic mass is 32.2. The summed E-state index contributed by atoms with van der Waals surface area (Å²) >= 11 is 1.37. The number of hydrogen-bond donors (Lipinski definition) is 3. The molecule has 202 valence electrons. The summed E-state index contributed by atoms with van der Waals surface area (Å²) in [7, 11) is 0. The highest BCUT2D eigenvalue weighted by Crippen LogP contribution is 2.23. The maximum absolute atomic E-state index is 14.3. The lowest BCUT2D eigenvalue weighted by Gasteiger charge is -2.12. The second kappa shape index (κ2) is 13.4. The van der Waals surface area contributed by atoms with Gasteiger partial charge in [-0.2, -0.15) is 0 Å². The van der Waals surface area contributed by atoms with Crippen LogP contribution in [0, 0.1) is 19.7 Å². The van der Waals surface area contributed by atoms with Crippen molar-refractivity contribution in [1.82, 2.24) is 5.32 Å². The van der Waals surface area contributed by atoms with E-state index in [0.29, 0.717) is 11.3 Å². The van der Waals surface area contributed by atoms with Gasteiger partial charge in [-0.05, 0) is 79.6 Å². The third kappa shape index (κ3) is 7.68. The maximum atomic E-state index is 14.3. The number of amides is 3. The summed E-state index contributed by atoms with van der Waals surface area (Å²) in [5.74, 6) is -1.52. The van der Waals surface area contributed by atoms with Crippen LogP contribution in [0.2, 0.25) is 0 Å². The van der Waals surface area contributed by atoms with E-state index in [0.717, 1.165) is 21.7 Å². The molecule has 6 nitrogen and oxygen atoms in total. The zero-order chi connectivity index (χ0) is 28.5. The van der Waals surface area contributed by atoms with E-state index in [1.165, 1.54) is 30.0 Å². The number of hydrogen-bond acceptors (Lipinski definition) is 4. The van der Waals surface area contributed by atoms with Crippen molar-refractivity contribution in [2.45, 2.75) is 18.7 Å². The van der Waals surface area contributed by atoms with E-state index in [-0.39, 0.29) is 22.9 Å². The van der Waals surface area contributed by atoms with E-state index in [4.69, 9.17) is 0 Å². The van der Waals surface area contributed by atoms with Gasteiger partial charge in [-0.25, -0.2) is 4.39 Å². The summed E-state index contributed by atoms with van der Waals surface area (Å²) in [6.07, 6.45) is 1.30. The Kier molecular flexibility index (Phi) is 9.48. The van der Waals surface area contributed by atoms with Gasteiger partial charge in [-0.15, -0.1) is 11.8 Å². The fourth-order valence-corrected chi connectivity index (χ4v) is 4.44. The number of carbonyl (C=O) groups excluding carboxylic acids is 3. The van der Waals surface area contributed by atoms with Crippen molar-refractivity contribution in [2.24, 2.45) is 0 Å². The molecule has 0 aromatic heterocycles. The Morgan fingerprint density at radius 2 is 1.50 bits per heavy atom. The van der Waals surface area contributed by atoms with Crippen LogP contribution in [0.1, 0.15) is 27.0 Å². The molecule has 4 aromatic carbocycles. The van der Waals surface area contributed by atoms with E-state index in [1.807, 2.05) is 32.0 Å². The van der Waals surface area contributed by atoms with Crippen LogP contribution in [0.3, 0.4) is 0 Å². The van der Waals surface area contributed by atoms with Crippen molar-refractivity contribution >= 4 is 46.9 Å². The summed E-state index contributed by atoms with van der Waals surface area (Å²) in [5, 5.41) is 8.28. The van der Waals surface area contributed by atoms with Crippen LogP contribution in [0.25, 0.3) is 6.08 Å². The van der Waals surface area contributed by atoms with Gasteiger partial charge >= 0.3 is 0 Å². The van der Waals surface area contributed by atoms with Crippen molar-refractivity contribution in [3.63, 3.8) is 0 Å². The SMILES string of the molecule is Cc1cccc(NC(=O)CSc2ccc(NC(=O)/C(=C/c3ccccc3F)NC(=O)c3ccccc3)cc2)c1C. The van der Waals surface area contributed by atoms with E-state index < -0.39 is 17.6 Å². The highest BCUT2D eigenvalue weighted by molar-refractivity contribution is 8.00. The number of anilines is 2. The van der Waals surface area contributed by atoms with Crippen molar-refractivity contribution in [2.75, 3.05) is 16.4 Å². The summed E-state index contributed by atoms with van der Waals surface area (Å²) < 4.78 is 14.3. The molecule has 0 atom stereocenters. The van der Waals surface area contributed by atoms with E-state index in [2.05, 4.69) is 16.0 Å². The summed E-state index contributed by atoms with van der Waals surface area (Å²) in [6, 6.07) is 27.1. The van der Waals surface area contributed by atoms with Crippen LogP contribution in [-0.2, 0) is 9.59 Å². The fourth-order valence-electron chi connectivity index (χ4n) is 3.74. The van der Waals surface area contributed by atoms with Gasteiger partial charge < -0.3 is 16.0 Å². The van der Waals surface area contributed by atoms with Gasteiger partial charge in [0.05, 0.1) is 5.75 Å². The molecular formula is C32H28FN3O3S. The number of carbonyl (C=O) groups is 3. The first-order valence-electron chi connectivity index (χ1n) is 12.5. The average molecular weight is 554 g/mol. The Morgan fingerprint density at radius 1 is 0.800 bits per heavy atom. The van der Waals surface area contributed by atoms with Crippen molar-refractivity contribution in [3.8, 4) is 0 Å². The van der Waals surface area contributed by atoms with Crippen LogP contribution >= 0.6 is 11.8 Å². The third-order valence-electron chi connectivity index (χ3n) is 6.09. The predicted octanol–water partition coefficient (Wildman–Crippen LogP) is 6.58. The lowest BCUT2D eigenvalue weighted by molar-refractivity contribution is -0.114. The first-order valence-corrected chi connectivity index (χ1v) is 13.5. The lowest BCUT2D eigenvalue weighted by atomic mass is 10.1. The van der Waals surface area contributed by atoms with Crippen molar-refractivity contribution in [1.29, 1.82) is 0 Å². The molecule has 0 aliphatic carbocycles. The van der Waals surface area contributed by atoms with Crippen molar-refractivity contribution in [3.05, 3.63) is 131 Å². The molecule has 0 radical (unpaired) electrons. The molecule has 0 aliphatic heterocycles. The molecular weight excluding hydrogens is 525 g/mol.